The number of rotatable bonds is 3. The number of nitrogens with one attached hydrogen (secondary N) is 1. The van der Waals surface area contributed by atoms with Crippen LogP contribution in [0, 0.1) is 13.8 Å². The van der Waals surface area contributed by atoms with Crippen molar-refractivity contribution in [2.45, 2.75) is 25.7 Å². The molecule has 1 aliphatic rings. The minimum atomic E-state index is 0.260. The van der Waals surface area contributed by atoms with Crippen molar-refractivity contribution in [3.05, 3.63) is 51.5 Å². The van der Waals surface area contributed by atoms with Crippen LogP contribution in [0.4, 0.5) is 0 Å². The van der Waals surface area contributed by atoms with Gasteiger partial charge in [-0.15, -0.1) is 11.3 Å². The average Bonchev–Trinajstić information content (AvgIpc) is 2.69. The first-order valence-corrected chi connectivity index (χ1v) is 7.25. The molecular formula is C15H18N2S. The second kappa shape index (κ2) is 4.48. The normalized spacial score (nSPS) is 17.4. The van der Waals surface area contributed by atoms with Crippen molar-refractivity contribution in [3.63, 3.8) is 0 Å². The number of hydrogen-bond acceptors (Lipinski definition) is 3. The third kappa shape index (κ3) is 2.08. The van der Waals surface area contributed by atoms with Crippen LogP contribution in [0.3, 0.4) is 0 Å². The van der Waals surface area contributed by atoms with E-state index in [0.29, 0.717) is 0 Å². The summed E-state index contributed by atoms with van der Waals surface area (Å²) in [5.41, 5.74) is 4.20. The molecule has 0 saturated carbocycles. The Morgan fingerprint density at radius 3 is 2.72 bits per heavy atom. The van der Waals surface area contributed by atoms with Gasteiger partial charge in [-0.25, -0.2) is 4.98 Å². The summed E-state index contributed by atoms with van der Waals surface area (Å²) in [5, 5.41) is 6.83. The van der Waals surface area contributed by atoms with E-state index < -0.39 is 0 Å². The van der Waals surface area contributed by atoms with Crippen LogP contribution in [0.2, 0.25) is 0 Å². The lowest BCUT2D eigenvalue weighted by Gasteiger charge is -2.43. The Balaban J connectivity index is 1.90. The second-order valence-electron chi connectivity index (χ2n) is 5.31. The van der Waals surface area contributed by atoms with Crippen LogP contribution < -0.4 is 5.32 Å². The van der Waals surface area contributed by atoms with Crippen LogP contribution in [-0.2, 0) is 11.8 Å². The van der Waals surface area contributed by atoms with Crippen LogP contribution in [0.25, 0.3) is 0 Å². The van der Waals surface area contributed by atoms with E-state index in [1.807, 2.05) is 0 Å². The van der Waals surface area contributed by atoms with Gasteiger partial charge in [0.2, 0.25) is 0 Å². The van der Waals surface area contributed by atoms with Crippen LogP contribution in [0.15, 0.2) is 29.6 Å². The van der Waals surface area contributed by atoms with Crippen molar-refractivity contribution in [1.29, 1.82) is 0 Å². The highest BCUT2D eigenvalue weighted by Crippen LogP contribution is 2.33. The molecule has 0 amide bonds. The van der Waals surface area contributed by atoms with Crippen molar-refractivity contribution in [2.75, 3.05) is 13.1 Å². The Hall–Kier alpha value is -1.19. The summed E-state index contributed by atoms with van der Waals surface area (Å²) >= 11 is 1.79. The summed E-state index contributed by atoms with van der Waals surface area (Å²) in [5.74, 6) is 0. The number of hydrogen-bond donors (Lipinski definition) is 1. The van der Waals surface area contributed by atoms with Gasteiger partial charge in [0.05, 0.1) is 5.01 Å². The van der Waals surface area contributed by atoms with Crippen molar-refractivity contribution in [1.82, 2.24) is 10.3 Å². The van der Waals surface area contributed by atoms with Gasteiger partial charge in [-0.3, -0.25) is 0 Å². The monoisotopic (exact) mass is 258 g/mol. The first-order chi connectivity index (χ1) is 8.68. The van der Waals surface area contributed by atoms with E-state index in [0.717, 1.165) is 25.2 Å². The zero-order valence-corrected chi connectivity index (χ0v) is 11.7. The van der Waals surface area contributed by atoms with Gasteiger partial charge in [0.15, 0.2) is 0 Å². The largest absolute Gasteiger partial charge is 0.315 e. The van der Waals surface area contributed by atoms with E-state index in [4.69, 9.17) is 0 Å². The lowest BCUT2D eigenvalue weighted by molar-refractivity contribution is 0.274. The van der Waals surface area contributed by atoms with E-state index in [9.17, 15) is 0 Å². The third-order valence-electron chi connectivity index (χ3n) is 3.71. The van der Waals surface area contributed by atoms with Gasteiger partial charge in [-0.05, 0) is 19.4 Å². The molecule has 3 rings (SSSR count). The van der Waals surface area contributed by atoms with Crippen molar-refractivity contribution in [2.24, 2.45) is 0 Å². The number of benzene rings is 1. The molecule has 2 nitrogen and oxygen atoms in total. The molecule has 1 aromatic carbocycles. The first-order valence-electron chi connectivity index (χ1n) is 6.37. The first kappa shape index (κ1) is 11.9. The van der Waals surface area contributed by atoms with Crippen molar-refractivity contribution in [3.8, 4) is 0 Å². The maximum absolute atomic E-state index is 4.62. The molecule has 18 heavy (non-hydrogen) atoms. The highest BCUT2D eigenvalue weighted by atomic mass is 32.1. The predicted octanol–water partition coefficient (Wildman–Crippen LogP) is 2.84. The standard InChI is InChI=1S/C15H18N2S/c1-11-4-3-5-13(6-11)15(9-16-10-15)7-14-17-12(2)8-18-14/h3-6,8,16H,7,9-10H2,1-2H3. The molecule has 2 aromatic rings. The summed E-state index contributed by atoms with van der Waals surface area (Å²) in [7, 11) is 0. The molecule has 1 aromatic heterocycles. The van der Waals surface area contributed by atoms with Gasteiger partial charge in [0.1, 0.15) is 0 Å². The smallest absolute Gasteiger partial charge is 0.0938 e. The van der Waals surface area contributed by atoms with E-state index >= 15 is 0 Å². The second-order valence-corrected chi connectivity index (χ2v) is 6.26. The molecule has 94 valence electrons. The molecule has 1 saturated heterocycles. The average molecular weight is 258 g/mol. The minimum absolute atomic E-state index is 0.260. The van der Waals surface area contributed by atoms with Gasteiger partial charge >= 0.3 is 0 Å². The Bertz CT molecular complexity index is 555. The predicted molar refractivity (Wildman–Crippen MR) is 76.3 cm³/mol. The zero-order valence-electron chi connectivity index (χ0n) is 10.9. The molecule has 3 heteroatoms. The Morgan fingerprint density at radius 2 is 2.17 bits per heavy atom. The molecule has 0 spiro atoms. The van der Waals surface area contributed by atoms with Crippen LogP contribution in [-0.4, -0.2) is 18.1 Å². The van der Waals surface area contributed by atoms with Crippen molar-refractivity contribution < 1.29 is 0 Å². The molecule has 0 bridgehead atoms. The fraction of sp³-hybridized carbons (Fsp3) is 0.400. The molecule has 1 N–H and O–H groups in total. The third-order valence-corrected chi connectivity index (χ3v) is 4.68. The maximum atomic E-state index is 4.62. The molecule has 0 radical (unpaired) electrons. The van der Waals surface area contributed by atoms with Gasteiger partial charge in [0, 0.05) is 36.0 Å². The molecule has 0 aliphatic carbocycles. The van der Waals surface area contributed by atoms with E-state index in [2.05, 4.69) is 53.8 Å². The van der Waals surface area contributed by atoms with E-state index in [-0.39, 0.29) is 5.41 Å². The Kier molecular flexibility index (Phi) is 2.96. The summed E-state index contributed by atoms with van der Waals surface area (Å²) in [6.45, 7) is 6.36. The minimum Gasteiger partial charge on any atom is -0.315 e. The van der Waals surface area contributed by atoms with E-state index in [1.54, 1.807) is 11.3 Å². The van der Waals surface area contributed by atoms with Gasteiger partial charge in [-0.2, -0.15) is 0 Å². The lowest BCUT2D eigenvalue weighted by atomic mass is 9.72. The SMILES string of the molecule is Cc1cccc(C2(Cc3nc(C)cs3)CNC2)c1. The molecule has 2 heterocycles. The highest BCUT2D eigenvalue weighted by molar-refractivity contribution is 7.09. The molecular weight excluding hydrogens is 240 g/mol. The zero-order chi connectivity index (χ0) is 12.6. The van der Waals surface area contributed by atoms with Crippen LogP contribution >= 0.6 is 11.3 Å². The summed E-state index contributed by atoms with van der Waals surface area (Å²) in [6.07, 6.45) is 1.06. The number of aromatic nitrogens is 1. The molecule has 0 unspecified atom stereocenters. The fourth-order valence-corrected chi connectivity index (χ4v) is 3.52. The molecule has 1 aliphatic heterocycles. The van der Waals surface area contributed by atoms with E-state index in [1.165, 1.54) is 16.1 Å². The highest BCUT2D eigenvalue weighted by Gasteiger charge is 2.39. The molecule has 1 fully saturated rings. The van der Waals surface area contributed by atoms with Gasteiger partial charge in [-0.1, -0.05) is 29.8 Å². The summed E-state index contributed by atoms with van der Waals surface area (Å²) in [6, 6.07) is 8.91. The van der Waals surface area contributed by atoms with Crippen molar-refractivity contribution >= 4 is 11.3 Å². The van der Waals surface area contributed by atoms with Crippen LogP contribution in [0.5, 0.6) is 0 Å². The maximum Gasteiger partial charge on any atom is 0.0938 e. The Labute approximate surface area is 112 Å². The van der Waals surface area contributed by atoms with Gasteiger partial charge < -0.3 is 5.32 Å². The van der Waals surface area contributed by atoms with Gasteiger partial charge in [0.25, 0.3) is 0 Å². The summed E-state index contributed by atoms with van der Waals surface area (Å²) in [4.78, 5) is 4.62. The summed E-state index contributed by atoms with van der Waals surface area (Å²) < 4.78 is 0. The quantitative estimate of drug-likeness (QED) is 0.915. The Morgan fingerprint density at radius 1 is 1.33 bits per heavy atom. The number of thiazole rings is 1. The van der Waals surface area contributed by atoms with Crippen LogP contribution in [0.1, 0.15) is 21.8 Å². The molecule has 0 atom stereocenters. The fourth-order valence-electron chi connectivity index (χ4n) is 2.61. The lowest BCUT2D eigenvalue weighted by Crippen LogP contribution is -2.58. The topological polar surface area (TPSA) is 24.9 Å². The number of aryl methyl sites for hydroxylation is 2. The number of nitrogens with zero attached hydrogens (tertiary/aromatic N) is 1.